The summed E-state index contributed by atoms with van der Waals surface area (Å²) in [6.07, 6.45) is 8.05. The lowest BCUT2D eigenvalue weighted by Crippen LogP contribution is -2.41. The molecule has 2 aliphatic carbocycles. The summed E-state index contributed by atoms with van der Waals surface area (Å²) in [4.78, 5) is 12.2. The number of hydrogen-bond acceptors (Lipinski definition) is 4. The van der Waals surface area contributed by atoms with Gasteiger partial charge in [0.25, 0.3) is 0 Å². The van der Waals surface area contributed by atoms with Crippen molar-refractivity contribution in [1.29, 1.82) is 0 Å². The van der Waals surface area contributed by atoms with E-state index < -0.39 is 0 Å². The second-order valence-electron chi connectivity index (χ2n) is 11.7. The smallest absolute Gasteiger partial charge is 0.465 e. The molecule has 2 fully saturated rings. The van der Waals surface area contributed by atoms with E-state index in [0.29, 0.717) is 16.9 Å². The quantitative estimate of drug-likeness (QED) is 0.404. The number of methoxy groups -OCH3 is 1. The highest BCUT2D eigenvalue weighted by Gasteiger charge is 2.53. The van der Waals surface area contributed by atoms with Gasteiger partial charge in [-0.3, -0.25) is 0 Å². The van der Waals surface area contributed by atoms with Crippen molar-refractivity contribution in [2.45, 2.75) is 97.7 Å². The molecular weight excluding hydrogens is 399 g/mol. The molecule has 1 aliphatic heterocycles. The first kappa shape index (κ1) is 23.6. The summed E-state index contributed by atoms with van der Waals surface area (Å²) in [5.41, 5.74) is 5.39. The number of fused-ring (bicyclic) bond motifs is 1. The summed E-state index contributed by atoms with van der Waals surface area (Å²) < 4.78 is 18.2. The fourth-order valence-corrected chi connectivity index (χ4v) is 5.50. The van der Waals surface area contributed by atoms with Crippen molar-refractivity contribution >= 4 is 18.6 Å². The maximum Gasteiger partial charge on any atom is 0.495 e. The molecule has 0 bridgehead atoms. The summed E-state index contributed by atoms with van der Waals surface area (Å²) >= 11 is 0. The lowest BCUT2D eigenvalue weighted by atomic mass is 9.64. The lowest BCUT2D eigenvalue weighted by Gasteiger charge is -2.36. The first-order valence-electron chi connectivity index (χ1n) is 12.2. The first-order chi connectivity index (χ1) is 14.9. The van der Waals surface area contributed by atoms with Crippen molar-refractivity contribution in [1.82, 2.24) is 0 Å². The van der Waals surface area contributed by atoms with Gasteiger partial charge in [-0.1, -0.05) is 25.5 Å². The Bertz CT molecular complexity index is 902. The molecular formula is C27H39BO4. The highest BCUT2D eigenvalue weighted by molar-refractivity contribution is 6.69. The fraction of sp³-hybridized carbons (Fsp3) is 0.667. The maximum absolute atomic E-state index is 12.2. The van der Waals surface area contributed by atoms with Gasteiger partial charge in [0.1, 0.15) is 0 Å². The van der Waals surface area contributed by atoms with Crippen LogP contribution in [0.2, 0.25) is 0 Å². The van der Waals surface area contributed by atoms with Gasteiger partial charge in [-0.2, -0.15) is 0 Å². The summed E-state index contributed by atoms with van der Waals surface area (Å²) in [6, 6.07) is 6.00. The minimum atomic E-state index is -0.386. The third-order valence-corrected chi connectivity index (χ3v) is 8.38. The van der Waals surface area contributed by atoms with E-state index in [1.165, 1.54) is 55.0 Å². The summed E-state index contributed by atoms with van der Waals surface area (Å²) in [6.45, 7) is 13.3. The Morgan fingerprint density at radius 1 is 1.00 bits per heavy atom. The third kappa shape index (κ3) is 4.31. The molecule has 0 unspecified atom stereocenters. The topological polar surface area (TPSA) is 44.8 Å². The zero-order valence-electron chi connectivity index (χ0n) is 21.0. The van der Waals surface area contributed by atoms with E-state index in [9.17, 15) is 4.79 Å². The van der Waals surface area contributed by atoms with Crippen LogP contribution in [0.25, 0.3) is 5.47 Å². The Labute approximate surface area is 194 Å². The molecule has 32 heavy (non-hydrogen) atoms. The Hall–Kier alpha value is -1.59. The van der Waals surface area contributed by atoms with E-state index >= 15 is 0 Å². The largest absolute Gasteiger partial charge is 0.495 e. The van der Waals surface area contributed by atoms with Crippen LogP contribution in [0, 0.1) is 11.3 Å². The van der Waals surface area contributed by atoms with Crippen LogP contribution in [-0.2, 0) is 20.5 Å². The van der Waals surface area contributed by atoms with Crippen LogP contribution in [-0.4, -0.2) is 31.4 Å². The van der Waals surface area contributed by atoms with E-state index in [1.54, 1.807) is 0 Å². The molecule has 3 aliphatic rings. The van der Waals surface area contributed by atoms with Gasteiger partial charge in [0, 0.05) is 0 Å². The van der Waals surface area contributed by atoms with Gasteiger partial charge in [-0.05, 0) is 113 Å². The second kappa shape index (κ2) is 8.32. The summed E-state index contributed by atoms with van der Waals surface area (Å²) in [7, 11) is 1.05. The van der Waals surface area contributed by atoms with Crippen molar-refractivity contribution in [3.8, 4) is 0 Å². The normalized spacial score (nSPS) is 24.8. The van der Waals surface area contributed by atoms with Crippen molar-refractivity contribution in [2.75, 3.05) is 7.11 Å². The number of carbonyl (C=O) groups is 1. The highest BCUT2D eigenvalue weighted by atomic mass is 16.7. The van der Waals surface area contributed by atoms with E-state index in [4.69, 9.17) is 14.0 Å². The molecule has 0 N–H and O–H groups in total. The Balaban J connectivity index is 1.81. The molecule has 1 heterocycles. The minimum Gasteiger partial charge on any atom is -0.465 e. The highest BCUT2D eigenvalue weighted by Crippen LogP contribution is 2.48. The predicted molar refractivity (Wildman–Crippen MR) is 129 cm³/mol. The summed E-state index contributed by atoms with van der Waals surface area (Å²) in [5.74, 6) is 0.288. The van der Waals surface area contributed by atoms with Gasteiger partial charge in [0.05, 0.1) is 23.9 Å². The molecule has 5 heteroatoms. The standard InChI is InChI=1S/C27H39BO4/c1-25(2)15-13-18(14-16-25)21-10-8-9-19-17-20(24(29)30-7)11-12-22(19)23(21)28-31-26(3,4)27(5,6)32-28/h11-12,17-18H,8-10,13-16H2,1-7H3. The monoisotopic (exact) mass is 438 g/mol. The Morgan fingerprint density at radius 2 is 1.62 bits per heavy atom. The van der Waals surface area contributed by atoms with Crippen LogP contribution < -0.4 is 0 Å². The van der Waals surface area contributed by atoms with Crippen molar-refractivity contribution in [3.63, 3.8) is 0 Å². The number of esters is 1. The second-order valence-corrected chi connectivity index (χ2v) is 11.7. The first-order valence-corrected chi connectivity index (χ1v) is 12.2. The van der Waals surface area contributed by atoms with E-state index in [2.05, 4.69) is 47.6 Å². The van der Waals surface area contributed by atoms with Crippen molar-refractivity contribution in [3.05, 3.63) is 40.5 Å². The van der Waals surface area contributed by atoms with E-state index in [-0.39, 0.29) is 24.3 Å². The average molecular weight is 438 g/mol. The van der Waals surface area contributed by atoms with Crippen LogP contribution in [0.4, 0.5) is 0 Å². The zero-order chi connectivity index (χ0) is 23.3. The Morgan fingerprint density at radius 3 is 2.22 bits per heavy atom. The molecule has 0 atom stereocenters. The number of allylic oxidation sites excluding steroid dienone is 1. The van der Waals surface area contributed by atoms with Gasteiger partial charge >= 0.3 is 13.1 Å². The van der Waals surface area contributed by atoms with Crippen molar-refractivity contribution in [2.24, 2.45) is 11.3 Å². The van der Waals surface area contributed by atoms with Crippen LogP contribution in [0.1, 0.15) is 102 Å². The minimum absolute atomic E-state index is 0.284. The molecule has 1 saturated heterocycles. The Kier molecular flexibility index (Phi) is 6.13. The number of aryl methyl sites for hydroxylation is 1. The maximum atomic E-state index is 12.2. The number of carbonyl (C=O) groups excluding carboxylic acids is 1. The van der Waals surface area contributed by atoms with Gasteiger partial charge in [0.15, 0.2) is 0 Å². The van der Waals surface area contributed by atoms with Crippen LogP contribution in [0.5, 0.6) is 0 Å². The van der Waals surface area contributed by atoms with E-state index in [1.807, 2.05) is 12.1 Å². The molecule has 4 rings (SSSR count). The molecule has 174 valence electrons. The predicted octanol–water partition coefficient (Wildman–Crippen LogP) is 6.41. The van der Waals surface area contributed by atoms with Crippen LogP contribution in [0.3, 0.4) is 0 Å². The SMILES string of the molecule is COC(=O)c1ccc2c(c1)CCCC(C1CCC(C)(C)CC1)=C2B1OC(C)(C)C(C)(C)O1. The molecule has 4 nitrogen and oxygen atoms in total. The van der Waals surface area contributed by atoms with Gasteiger partial charge in [0.2, 0.25) is 0 Å². The number of ether oxygens (including phenoxy) is 1. The molecule has 1 aromatic carbocycles. The zero-order valence-corrected chi connectivity index (χ0v) is 21.0. The molecule has 0 radical (unpaired) electrons. The van der Waals surface area contributed by atoms with Gasteiger partial charge in [-0.25, -0.2) is 4.79 Å². The number of benzene rings is 1. The molecule has 1 saturated carbocycles. The van der Waals surface area contributed by atoms with Crippen molar-refractivity contribution < 1.29 is 18.8 Å². The molecule has 0 aromatic heterocycles. The number of rotatable bonds is 3. The van der Waals surface area contributed by atoms with E-state index in [0.717, 1.165) is 19.3 Å². The molecule has 0 amide bonds. The lowest BCUT2D eigenvalue weighted by molar-refractivity contribution is 0.00578. The summed E-state index contributed by atoms with van der Waals surface area (Å²) in [5, 5.41) is 0. The van der Waals surface area contributed by atoms with Crippen LogP contribution >= 0.6 is 0 Å². The molecule has 0 spiro atoms. The molecule has 1 aromatic rings. The number of hydrogen-bond donors (Lipinski definition) is 0. The fourth-order valence-electron chi connectivity index (χ4n) is 5.50. The van der Waals surface area contributed by atoms with Gasteiger partial charge in [-0.15, -0.1) is 0 Å². The average Bonchev–Trinajstić information content (AvgIpc) is 2.85. The third-order valence-electron chi connectivity index (χ3n) is 8.38. The van der Waals surface area contributed by atoms with Crippen LogP contribution in [0.15, 0.2) is 23.8 Å². The van der Waals surface area contributed by atoms with Gasteiger partial charge < -0.3 is 14.0 Å².